The zero-order chi connectivity index (χ0) is 15.7. The van der Waals surface area contributed by atoms with Crippen LogP contribution in [0, 0.1) is 5.92 Å². The Bertz CT molecular complexity index is 471. The van der Waals surface area contributed by atoms with Crippen LogP contribution in [0.5, 0.6) is 0 Å². The topological polar surface area (TPSA) is 12.4 Å². The van der Waals surface area contributed by atoms with Crippen molar-refractivity contribution in [3.05, 3.63) is 46.6 Å². The van der Waals surface area contributed by atoms with Gasteiger partial charge in [-0.05, 0) is 56.7 Å². The Morgan fingerprint density at radius 1 is 1.24 bits per heavy atom. The molecule has 0 bridgehead atoms. The maximum atomic E-state index is 5.90. The molecule has 0 fully saturated rings. The van der Waals surface area contributed by atoms with Crippen LogP contribution in [0.1, 0.15) is 58.9 Å². The lowest BCUT2D eigenvalue weighted by atomic mass is 10.00. The van der Waals surface area contributed by atoms with Crippen LogP contribution in [-0.4, -0.2) is 5.71 Å². The van der Waals surface area contributed by atoms with Gasteiger partial charge in [0, 0.05) is 16.9 Å². The van der Waals surface area contributed by atoms with E-state index in [-0.39, 0.29) is 0 Å². The highest BCUT2D eigenvalue weighted by molar-refractivity contribution is 6.30. The van der Waals surface area contributed by atoms with Gasteiger partial charge in [0.2, 0.25) is 0 Å². The highest BCUT2D eigenvalue weighted by Gasteiger charge is 2.04. The van der Waals surface area contributed by atoms with Crippen molar-refractivity contribution in [1.82, 2.24) is 0 Å². The molecule has 2 heteroatoms. The number of hydrogen-bond donors (Lipinski definition) is 0. The van der Waals surface area contributed by atoms with Crippen molar-refractivity contribution in [2.24, 2.45) is 10.9 Å². The van der Waals surface area contributed by atoms with Gasteiger partial charge in [-0.2, -0.15) is 0 Å². The molecule has 0 aromatic heterocycles. The first-order valence-corrected chi connectivity index (χ1v) is 8.35. The zero-order valence-electron chi connectivity index (χ0n) is 13.8. The number of aryl methyl sites for hydroxylation is 1. The Morgan fingerprint density at radius 2 is 1.90 bits per heavy atom. The fourth-order valence-electron chi connectivity index (χ4n) is 2.12. The number of allylic oxidation sites excluding steroid dienone is 1. The number of aliphatic imine (C=N–C) groups is 1. The van der Waals surface area contributed by atoms with Crippen LogP contribution in [0.2, 0.25) is 5.02 Å². The third-order valence-corrected chi connectivity index (χ3v) is 4.17. The Morgan fingerprint density at radius 3 is 2.52 bits per heavy atom. The van der Waals surface area contributed by atoms with Crippen LogP contribution in [0.3, 0.4) is 0 Å². The Balaban J connectivity index is 2.46. The first-order chi connectivity index (χ1) is 10.0. The Kier molecular flexibility index (Phi) is 8.37. The van der Waals surface area contributed by atoms with Crippen molar-refractivity contribution in [2.75, 3.05) is 0 Å². The summed E-state index contributed by atoms with van der Waals surface area (Å²) in [5.74, 6) is 0.588. The summed E-state index contributed by atoms with van der Waals surface area (Å²) in [6.45, 7) is 8.80. The molecule has 21 heavy (non-hydrogen) atoms. The van der Waals surface area contributed by atoms with E-state index in [0.717, 1.165) is 17.9 Å². The molecular formula is C19H28ClN. The van der Waals surface area contributed by atoms with Crippen LogP contribution < -0.4 is 0 Å². The molecule has 0 saturated carbocycles. The van der Waals surface area contributed by atoms with E-state index in [1.165, 1.54) is 36.1 Å². The number of unbranched alkanes of at least 4 members (excludes halogenated alkanes) is 1. The smallest absolute Gasteiger partial charge is 0.0406 e. The minimum absolute atomic E-state index is 0.588. The third kappa shape index (κ3) is 7.47. The minimum Gasteiger partial charge on any atom is -0.266 e. The fourth-order valence-corrected chi connectivity index (χ4v) is 2.24. The highest BCUT2D eigenvalue weighted by atomic mass is 35.5. The largest absolute Gasteiger partial charge is 0.266 e. The van der Waals surface area contributed by atoms with E-state index in [1.807, 2.05) is 18.3 Å². The van der Waals surface area contributed by atoms with Gasteiger partial charge in [0.05, 0.1) is 0 Å². The maximum Gasteiger partial charge on any atom is 0.0406 e. The molecule has 0 heterocycles. The summed E-state index contributed by atoms with van der Waals surface area (Å²) in [6, 6.07) is 8.09. The first kappa shape index (κ1) is 18.0. The van der Waals surface area contributed by atoms with E-state index in [4.69, 9.17) is 11.6 Å². The monoisotopic (exact) mass is 305 g/mol. The molecule has 0 saturated heterocycles. The van der Waals surface area contributed by atoms with E-state index >= 15 is 0 Å². The van der Waals surface area contributed by atoms with Crippen molar-refractivity contribution in [3.63, 3.8) is 0 Å². The van der Waals surface area contributed by atoms with Crippen LogP contribution in [-0.2, 0) is 6.42 Å². The van der Waals surface area contributed by atoms with Crippen molar-refractivity contribution >= 4 is 17.3 Å². The predicted molar refractivity (Wildman–Crippen MR) is 95.3 cm³/mol. The van der Waals surface area contributed by atoms with Gasteiger partial charge in [-0.15, -0.1) is 0 Å². The van der Waals surface area contributed by atoms with Crippen LogP contribution in [0.25, 0.3) is 0 Å². The summed E-state index contributed by atoms with van der Waals surface area (Å²) in [5.41, 5.74) is 3.89. The van der Waals surface area contributed by atoms with Crippen molar-refractivity contribution in [2.45, 2.75) is 59.8 Å². The van der Waals surface area contributed by atoms with Gasteiger partial charge in [0.15, 0.2) is 0 Å². The second-order valence-electron chi connectivity index (χ2n) is 5.92. The molecule has 1 rings (SSSR count). The fraction of sp³-hybridized carbons (Fsp3) is 0.526. The summed E-state index contributed by atoms with van der Waals surface area (Å²) in [4.78, 5) is 4.64. The summed E-state index contributed by atoms with van der Waals surface area (Å²) < 4.78 is 0. The second-order valence-corrected chi connectivity index (χ2v) is 6.35. The molecule has 1 aromatic rings. The average Bonchev–Trinajstić information content (AvgIpc) is 2.49. The molecule has 0 aliphatic rings. The number of nitrogens with zero attached hydrogens (tertiary/aromatic N) is 1. The van der Waals surface area contributed by atoms with Gasteiger partial charge in [0.25, 0.3) is 0 Å². The number of halogens is 1. The highest BCUT2D eigenvalue weighted by Crippen LogP contribution is 2.14. The summed E-state index contributed by atoms with van der Waals surface area (Å²) in [7, 11) is 0. The number of rotatable bonds is 8. The molecule has 0 spiro atoms. The molecule has 0 aliphatic heterocycles. The molecule has 116 valence electrons. The van der Waals surface area contributed by atoms with E-state index in [1.54, 1.807) is 0 Å². The van der Waals surface area contributed by atoms with Crippen molar-refractivity contribution in [3.8, 4) is 0 Å². The van der Waals surface area contributed by atoms with E-state index in [2.05, 4.69) is 44.8 Å². The molecule has 1 aromatic carbocycles. The molecule has 0 radical (unpaired) electrons. The second kappa shape index (κ2) is 9.78. The van der Waals surface area contributed by atoms with Gasteiger partial charge in [-0.25, -0.2) is 0 Å². The van der Waals surface area contributed by atoms with Crippen molar-refractivity contribution < 1.29 is 0 Å². The van der Waals surface area contributed by atoms with Crippen molar-refractivity contribution in [1.29, 1.82) is 0 Å². The van der Waals surface area contributed by atoms with Crippen LogP contribution in [0.15, 0.2) is 41.0 Å². The molecule has 1 unspecified atom stereocenters. The third-order valence-electron chi connectivity index (χ3n) is 3.91. The lowest BCUT2D eigenvalue weighted by Crippen LogP contribution is -2.06. The van der Waals surface area contributed by atoms with Crippen LogP contribution >= 0.6 is 11.6 Å². The van der Waals surface area contributed by atoms with Gasteiger partial charge < -0.3 is 0 Å². The normalized spacial score (nSPS) is 14.3. The molecule has 0 amide bonds. The van der Waals surface area contributed by atoms with Gasteiger partial charge in [-0.1, -0.05) is 56.0 Å². The predicted octanol–water partition coefficient (Wildman–Crippen LogP) is 6.46. The number of hydrogen-bond acceptors (Lipinski definition) is 1. The van der Waals surface area contributed by atoms with Gasteiger partial charge >= 0.3 is 0 Å². The lowest BCUT2D eigenvalue weighted by molar-refractivity contribution is 0.622. The summed E-state index contributed by atoms with van der Waals surface area (Å²) >= 11 is 5.90. The quantitative estimate of drug-likeness (QED) is 0.488. The molecule has 0 aliphatic carbocycles. The number of benzene rings is 1. The zero-order valence-corrected chi connectivity index (χ0v) is 14.6. The first-order valence-electron chi connectivity index (χ1n) is 7.97. The average molecular weight is 306 g/mol. The molecular weight excluding hydrogens is 278 g/mol. The minimum atomic E-state index is 0.588. The molecule has 1 atom stereocenters. The maximum absolute atomic E-state index is 5.90. The standard InChI is InChI=1S/C19H28ClN/c1-5-6-7-16(3)17(4)21-14-15(2)8-9-18-10-12-19(20)13-11-18/h10-14,16H,5-9H2,1-4H3/b15-14+,21-17+. The molecule has 0 N–H and O–H groups in total. The van der Waals surface area contributed by atoms with Gasteiger partial charge in [0.1, 0.15) is 0 Å². The Labute approximate surface area is 135 Å². The summed E-state index contributed by atoms with van der Waals surface area (Å²) in [5, 5.41) is 0.798. The van der Waals surface area contributed by atoms with Gasteiger partial charge in [-0.3, -0.25) is 4.99 Å². The Hall–Kier alpha value is -1.08. The summed E-state index contributed by atoms with van der Waals surface area (Å²) in [6.07, 6.45) is 7.90. The van der Waals surface area contributed by atoms with E-state index in [9.17, 15) is 0 Å². The van der Waals surface area contributed by atoms with E-state index < -0.39 is 0 Å². The van der Waals surface area contributed by atoms with Crippen LogP contribution in [0.4, 0.5) is 0 Å². The SMILES string of the molecule is CCCCC(C)/C(C)=N/C=C(\C)CCc1ccc(Cl)cc1. The van der Waals surface area contributed by atoms with E-state index in [0.29, 0.717) is 5.92 Å². The lowest BCUT2D eigenvalue weighted by Gasteiger charge is -2.09. The molecule has 1 nitrogen and oxygen atoms in total.